The molecule has 0 bridgehead atoms. The predicted molar refractivity (Wildman–Crippen MR) is 86.6 cm³/mol. The van der Waals surface area contributed by atoms with Crippen molar-refractivity contribution >= 4 is 17.9 Å². The third-order valence-corrected chi connectivity index (χ3v) is 2.64. The molecule has 0 aromatic rings. The van der Waals surface area contributed by atoms with Crippen LogP contribution in [0.15, 0.2) is 0 Å². The van der Waals surface area contributed by atoms with E-state index < -0.39 is 30.1 Å². The van der Waals surface area contributed by atoms with Crippen molar-refractivity contribution in [3.05, 3.63) is 0 Å². The van der Waals surface area contributed by atoms with E-state index in [2.05, 4.69) is 0 Å². The maximum absolute atomic E-state index is 10.7. The summed E-state index contributed by atoms with van der Waals surface area (Å²) in [6.45, 7) is 2.14. The number of ether oxygens (including phenoxy) is 1. The smallest absolute Gasteiger partial charge is 0.303 e. The number of likely N-dealkylation sites (N-methyl/N-ethyl adjacent to an activating group) is 2. The van der Waals surface area contributed by atoms with Gasteiger partial charge in [0, 0.05) is 31.7 Å². The lowest BCUT2D eigenvalue weighted by atomic mass is 10.2. The number of esters is 1. The first-order valence-electron chi connectivity index (χ1n) is 7.87. The second kappa shape index (κ2) is 11.0. The fraction of sp³-hybridized carbons (Fsp3) is 0.812. The van der Waals surface area contributed by atoms with E-state index in [0.29, 0.717) is 22.1 Å². The van der Waals surface area contributed by atoms with Gasteiger partial charge >= 0.3 is 5.97 Å². The molecule has 0 aromatic carbocycles. The minimum Gasteiger partial charge on any atom is -0.550 e. The van der Waals surface area contributed by atoms with Crippen LogP contribution in [-0.4, -0.2) is 99.6 Å². The molecule has 2 atom stereocenters. The molecule has 0 fully saturated rings. The lowest BCUT2D eigenvalue weighted by molar-refractivity contribution is -0.873. The van der Waals surface area contributed by atoms with Gasteiger partial charge in [0.2, 0.25) is 0 Å². The van der Waals surface area contributed by atoms with Crippen molar-refractivity contribution in [3.63, 3.8) is 0 Å². The summed E-state index contributed by atoms with van der Waals surface area (Å²) in [6, 6.07) is 0. The topological polar surface area (TPSA) is 127 Å². The highest BCUT2D eigenvalue weighted by Gasteiger charge is 2.20. The van der Waals surface area contributed by atoms with E-state index >= 15 is 0 Å². The number of quaternary nitrogens is 2. The lowest BCUT2D eigenvalue weighted by Gasteiger charge is -2.28. The molecule has 0 saturated carbocycles. The summed E-state index contributed by atoms with van der Waals surface area (Å²) in [5, 5.41) is 29.5. The van der Waals surface area contributed by atoms with Crippen LogP contribution in [0, 0.1) is 0 Å². The third kappa shape index (κ3) is 22.3. The van der Waals surface area contributed by atoms with Crippen LogP contribution >= 0.6 is 0 Å². The van der Waals surface area contributed by atoms with E-state index in [1.54, 1.807) is 0 Å². The van der Waals surface area contributed by atoms with Gasteiger partial charge in [-0.3, -0.25) is 4.79 Å². The summed E-state index contributed by atoms with van der Waals surface area (Å²) in [5.74, 6) is -2.87. The van der Waals surface area contributed by atoms with E-state index in [9.17, 15) is 24.6 Å². The van der Waals surface area contributed by atoms with E-state index in [1.165, 1.54) is 6.92 Å². The molecule has 25 heavy (non-hydrogen) atoms. The number of aliphatic hydroxyl groups excluding tert-OH is 1. The van der Waals surface area contributed by atoms with Gasteiger partial charge in [-0.05, 0) is 0 Å². The van der Waals surface area contributed by atoms with Gasteiger partial charge < -0.3 is 38.6 Å². The van der Waals surface area contributed by atoms with Gasteiger partial charge in [0.1, 0.15) is 19.2 Å². The molecule has 0 aliphatic rings. The first-order chi connectivity index (χ1) is 11.0. The van der Waals surface area contributed by atoms with Crippen LogP contribution in [0.5, 0.6) is 0 Å². The Kier molecular flexibility index (Phi) is 11.2. The molecule has 0 spiro atoms. The lowest BCUT2D eigenvalue weighted by Crippen LogP contribution is -2.45. The summed E-state index contributed by atoms with van der Waals surface area (Å²) in [4.78, 5) is 31.1. The molecule has 0 aliphatic heterocycles. The normalized spacial score (nSPS) is 13.9. The average Bonchev–Trinajstić information content (AvgIpc) is 2.19. The molecule has 0 rings (SSSR count). The Balaban J connectivity index is 0. The summed E-state index contributed by atoms with van der Waals surface area (Å²) >= 11 is 0. The second-order valence-corrected chi connectivity index (χ2v) is 7.98. The average molecular weight is 364 g/mol. The molecule has 9 heteroatoms. The largest absolute Gasteiger partial charge is 0.550 e. The van der Waals surface area contributed by atoms with Crippen LogP contribution in [0.25, 0.3) is 0 Å². The maximum Gasteiger partial charge on any atom is 0.303 e. The minimum atomic E-state index is -1.20. The van der Waals surface area contributed by atoms with Crippen molar-refractivity contribution < 1.29 is 43.4 Å². The van der Waals surface area contributed by atoms with Crippen molar-refractivity contribution in [1.82, 2.24) is 0 Å². The van der Waals surface area contributed by atoms with Crippen molar-refractivity contribution in [2.45, 2.75) is 32.0 Å². The van der Waals surface area contributed by atoms with Crippen LogP contribution in [0.2, 0.25) is 0 Å². The number of hydrogen-bond acceptors (Lipinski definition) is 7. The van der Waals surface area contributed by atoms with Crippen LogP contribution in [0.1, 0.15) is 19.8 Å². The minimum absolute atomic E-state index is 0.255. The Labute approximate surface area is 149 Å². The summed E-state index contributed by atoms with van der Waals surface area (Å²) in [6.07, 6.45) is -1.96. The van der Waals surface area contributed by atoms with Gasteiger partial charge in [-0.2, -0.15) is 0 Å². The second-order valence-electron chi connectivity index (χ2n) is 7.98. The fourth-order valence-electron chi connectivity index (χ4n) is 2.06. The predicted octanol–water partition coefficient (Wildman–Crippen LogP) is -3.04. The Morgan fingerprint density at radius 2 is 1.28 bits per heavy atom. The number of aliphatic carboxylic acids is 2. The van der Waals surface area contributed by atoms with Gasteiger partial charge in [-0.15, -0.1) is 0 Å². The Hall–Kier alpha value is -1.71. The number of rotatable bonds is 9. The standard InChI is InChI=1S/C9H17NO4.C7H15NO3/c1-7(11)14-8(5-9(12)13)6-10(2,3)4;1-8(2,3)5-6(9)4-7(10)11/h8H,5-6H2,1-4H3;6,9H,4-5H2,1-3H3. The molecular formula is C16H32N2O7. The van der Waals surface area contributed by atoms with Crippen LogP contribution < -0.4 is 10.2 Å². The monoisotopic (exact) mass is 364 g/mol. The number of nitrogens with zero attached hydrogens (tertiary/aromatic N) is 2. The Morgan fingerprint density at radius 3 is 1.56 bits per heavy atom. The van der Waals surface area contributed by atoms with Gasteiger partial charge in [-0.25, -0.2) is 0 Å². The van der Waals surface area contributed by atoms with Crippen molar-refractivity contribution in [2.75, 3.05) is 55.4 Å². The maximum atomic E-state index is 10.7. The van der Waals surface area contributed by atoms with Gasteiger partial charge in [0.05, 0.1) is 42.3 Å². The molecule has 2 unspecified atom stereocenters. The number of hydrogen-bond donors (Lipinski definition) is 1. The number of carboxylic acids is 2. The molecule has 0 radical (unpaired) electrons. The van der Waals surface area contributed by atoms with E-state index in [1.807, 2.05) is 42.3 Å². The molecule has 0 aromatic heterocycles. The van der Waals surface area contributed by atoms with E-state index in [0.717, 1.165) is 0 Å². The molecule has 148 valence electrons. The van der Waals surface area contributed by atoms with E-state index in [4.69, 9.17) is 9.84 Å². The number of carbonyl (C=O) groups is 3. The van der Waals surface area contributed by atoms with Gasteiger partial charge in [0.15, 0.2) is 6.10 Å². The molecule has 0 amide bonds. The quantitative estimate of drug-likeness (QED) is 0.340. The number of aliphatic hydroxyl groups is 1. The van der Waals surface area contributed by atoms with Crippen LogP contribution in [0.3, 0.4) is 0 Å². The van der Waals surface area contributed by atoms with Crippen molar-refractivity contribution in [3.8, 4) is 0 Å². The van der Waals surface area contributed by atoms with Crippen LogP contribution in [0.4, 0.5) is 0 Å². The summed E-state index contributed by atoms with van der Waals surface area (Å²) < 4.78 is 5.94. The Bertz CT molecular complexity index is 423. The highest BCUT2D eigenvalue weighted by molar-refractivity contribution is 5.68. The summed E-state index contributed by atoms with van der Waals surface area (Å²) in [5.41, 5.74) is 0. The van der Waals surface area contributed by atoms with Crippen LogP contribution in [-0.2, 0) is 19.1 Å². The number of carbonyl (C=O) groups excluding carboxylic acids is 3. The molecule has 1 N–H and O–H groups in total. The third-order valence-electron chi connectivity index (χ3n) is 2.64. The van der Waals surface area contributed by atoms with Crippen molar-refractivity contribution in [2.24, 2.45) is 0 Å². The first kappa shape index (κ1) is 25.5. The molecule has 0 saturated heterocycles. The number of carboxylic acid groups (broad SMARTS) is 2. The van der Waals surface area contributed by atoms with Gasteiger partial charge in [0.25, 0.3) is 0 Å². The molecule has 0 aliphatic carbocycles. The van der Waals surface area contributed by atoms with Gasteiger partial charge in [-0.1, -0.05) is 0 Å². The highest BCUT2D eigenvalue weighted by Crippen LogP contribution is 2.04. The molecule has 0 heterocycles. The molecular weight excluding hydrogens is 332 g/mol. The van der Waals surface area contributed by atoms with E-state index in [-0.39, 0.29) is 12.8 Å². The zero-order chi connectivity index (χ0) is 20.4. The van der Waals surface area contributed by atoms with Crippen molar-refractivity contribution in [1.29, 1.82) is 0 Å². The highest BCUT2D eigenvalue weighted by atomic mass is 16.5. The first-order valence-corrected chi connectivity index (χ1v) is 7.87. The zero-order valence-corrected chi connectivity index (χ0v) is 16.3. The SMILES string of the molecule is CC(=O)OC(CC(=O)[O-])C[N+](C)(C)C.C[N+](C)(C)CC(O)CC(=O)[O-]. The summed E-state index contributed by atoms with van der Waals surface area (Å²) in [7, 11) is 11.3. The molecule has 9 nitrogen and oxygen atoms in total. The fourth-order valence-corrected chi connectivity index (χ4v) is 2.06. The zero-order valence-electron chi connectivity index (χ0n) is 16.3. The Morgan fingerprint density at radius 1 is 0.880 bits per heavy atom.